The molecule has 256 valence electrons. The lowest BCUT2D eigenvalue weighted by Gasteiger charge is -2.50. The van der Waals surface area contributed by atoms with Crippen molar-refractivity contribution in [1.82, 2.24) is 9.88 Å². The van der Waals surface area contributed by atoms with Crippen LogP contribution in [0.5, 0.6) is 17.2 Å². The average Bonchev–Trinajstić information content (AvgIpc) is 3.71. The summed E-state index contributed by atoms with van der Waals surface area (Å²) < 4.78 is 16.7. The third-order valence-corrected chi connectivity index (χ3v) is 12.4. The quantitative estimate of drug-likeness (QED) is 0.106. The Morgan fingerprint density at radius 2 is 1.64 bits per heavy atom. The van der Waals surface area contributed by atoms with Crippen LogP contribution in [0.1, 0.15) is 24.3 Å². The van der Waals surface area contributed by atoms with Crippen molar-refractivity contribution >= 4 is 79.5 Å². The molecular weight excluding hydrogens is 753 g/mol. The number of fused-ring (bicyclic) bond motifs is 5. The Balaban J connectivity index is 1.21. The number of carbonyl (C=O) groups is 4. The molecule has 6 atom stereocenters. The molecule has 2 aliphatic heterocycles. The molecule has 4 amide bonds. The molecule has 11 nitrogen and oxygen atoms in total. The third kappa shape index (κ3) is 4.31. The number of halogens is 3. The topological polar surface area (TPSA) is 139 Å². The monoisotopic (exact) mass is 779 g/mol. The van der Waals surface area contributed by atoms with Crippen molar-refractivity contribution in [3.8, 4) is 28.7 Å². The van der Waals surface area contributed by atoms with E-state index in [2.05, 4.69) is 20.9 Å². The van der Waals surface area contributed by atoms with Gasteiger partial charge < -0.3 is 19.0 Å². The first-order valence-electron chi connectivity index (χ1n) is 15.8. The molecule has 0 spiro atoms. The van der Waals surface area contributed by atoms with Gasteiger partial charge in [-0.1, -0.05) is 39.7 Å². The van der Waals surface area contributed by atoms with Crippen molar-refractivity contribution in [2.75, 3.05) is 24.6 Å². The molecule has 14 heteroatoms. The first kappa shape index (κ1) is 32.8. The average molecular weight is 781 g/mol. The van der Waals surface area contributed by atoms with Crippen molar-refractivity contribution < 1.29 is 38.2 Å². The van der Waals surface area contributed by atoms with E-state index in [-0.39, 0.29) is 41.5 Å². The van der Waals surface area contributed by atoms with Gasteiger partial charge in [-0.3, -0.25) is 29.0 Å². The third-order valence-electron chi connectivity index (χ3n) is 10.5. The smallest absolute Gasteiger partial charge is 0.254 e. The predicted octanol–water partition coefficient (Wildman–Crippen LogP) is 6.13. The normalized spacial score (nSPS) is 28.9. The molecule has 1 aromatic heterocycles. The number of nitrogens with zero attached hydrogens (tertiary/aromatic N) is 3. The number of aromatic hydroxyl groups is 1. The first-order valence-corrected chi connectivity index (χ1v) is 17.6. The minimum absolute atomic E-state index is 0.0462. The van der Waals surface area contributed by atoms with Crippen molar-refractivity contribution in [2.45, 2.75) is 28.5 Å². The Morgan fingerprint density at radius 1 is 0.960 bits per heavy atom. The van der Waals surface area contributed by atoms with Gasteiger partial charge in [0.25, 0.3) is 11.8 Å². The van der Waals surface area contributed by atoms with Crippen LogP contribution in [-0.4, -0.2) is 68.0 Å². The Hall–Kier alpha value is -4.39. The van der Waals surface area contributed by atoms with E-state index in [1.165, 1.54) is 31.3 Å². The maximum Gasteiger partial charge on any atom is 0.254 e. The number of carbonyl (C=O) groups excluding carboxylic acids is 4. The number of phenolic OH excluding ortho intramolecular Hbond substituents is 1. The Morgan fingerprint density at radius 3 is 2.28 bits per heavy atom. The predicted molar refractivity (Wildman–Crippen MR) is 186 cm³/mol. The van der Waals surface area contributed by atoms with Crippen molar-refractivity contribution in [3.63, 3.8) is 0 Å². The minimum atomic E-state index is -2.02. The fourth-order valence-corrected chi connectivity index (χ4v) is 9.64. The summed E-state index contributed by atoms with van der Waals surface area (Å²) in [7, 11) is 2.73. The highest BCUT2D eigenvalue weighted by molar-refractivity contribution is 9.09. The Bertz CT molecular complexity index is 2110. The molecule has 4 aliphatic rings. The van der Waals surface area contributed by atoms with Gasteiger partial charge in [-0.05, 0) is 72.9 Å². The lowest BCUT2D eigenvalue weighted by molar-refractivity contribution is -0.138. The molecule has 1 N–H and O–H groups in total. The number of aromatic nitrogens is 1. The largest absolute Gasteiger partial charge is 0.502 e. The summed E-state index contributed by atoms with van der Waals surface area (Å²) >= 11 is 17.9. The zero-order chi connectivity index (χ0) is 35.3. The summed E-state index contributed by atoms with van der Waals surface area (Å²) in [5, 5.41) is 10.7. The van der Waals surface area contributed by atoms with Crippen LogP contribution in [0.15, 0.2) is 76.7 Å². The Kier molecular flexibility index (Phi) is 7.59. The zero-order valence-corrected chi connectivity index (χ0v) is 29.7. The second-order valence-corrected chi connectivity index (χ2v) is 14.5. The van der Waals surface area contributed by atoms with Gasteiger partial charge in [-0.2, -0.15) is 0 Å². The lowest BCUT2D eigenvalue weighted by atomic mass is 9.56. The molecule has 8 rings (SSSR count). The van der Waals surface area contributed by atoms with Gasteiger partial charge in [0.05, 0.1) is 37.2 Å². The highest BCUT2D eigenvalue weighted by atomic mass is 79.9. The fourth-order valence-electron chi connectivity index (χ4n) is 8.21. The van der Waals surface area contributed by atoms with E-state index in [1.54, 1.807) is 24.3 Å². The molecule has 2 saturated heterocycles. The number of hydrogen-bond acceptors (Lipinski definition) is 9. The van der Waals surface area contributed by atoms with Gasteiger partial charge in [-0.25, -0.2) is 4.98 Å². The van der Waals surface area contributed by atoms with Crippen LogP contribution in [0, 0.1) is 17.8 Å². The van der Waals surface area contributed by atoms with E-state index in [0.717, 1.165) is 4.90 Å². The molecule has 0 radical (unpaired) electrons. The van der Waals surface area contributed by atoms with Crippen LogP contribution in [0.3, 0.4) is 0 Å². The summed E-state index contributed by atoms with van der Waals surface area (Å²) in [6, 6.07) is 17.2. The van der Waals surface area contributed by atoms with Crippen LogP contribution in [0.4, 0.5) is 5.69 Å². The molecule has 0 bridgehead atoms. The number of imide groups is 2. The molecule has 2 aliphatic carbocycles. The van der Waals surface area contributed by atoms with Crippen molar-refractivity contribution in [3.05, 3.63) is 77.9 Å². The maximum atomic E-state index is 14.4. The number of oxazole rings is 1. The van der Waals surface area contributed by atoms with Crippen LogP contribution >= 0.6 is 39.1 Å². The molecule has 3 fully saturated rings. The number of amides is 4. The minimum Gasteiger partial charge on any atom is -0.502 e. The summed E-state index contributed by atoms with van der Waals surface area (Å²) in [4.78, 5) is 59.2. The zero-order valence-electron chi connectivity index (χ0n) is 26.6. The SMILES string of the molecule is COc1cc([C@H]2C3=CC[C@@H]4C(=O)N(c5ccc(-c6nc7ccccc7o6)cc5)C(=O)[C@@H]4[C@@H]3C[C@@]3(Cl)C(=O)N(CBr)C(=O)[C@@]23Cl)cc(OC)c1O. The second kappa shape index (κ2) is 11.6. The molecule has 50 heavy (non-hydrogen) atoms. The van der Waals surface area contributed by atoms with E-state index >= 15 is 0 Å². The molecule has 3 aromatic carbocycles. The summed E-state index contributed by atoms with van der Waals surface area (Å²) in [5.41, 5.74) is 3.22. The van der Waals surface area contributed by atoms with Crippen molar-refractivity contribution in [2.24, 2.45) is 17.8 Å². The van der Waals surface area contributed by atoms with Gasteiger partial charge in [0.15, 0.2) is 26.8 Å². The fraction of sp³-hybridized carbons (Fsp3) is 0.306. The van der Waals surface area contributed by atoms with E-state index in [9.17, 15) is 24.3 Å². The number of phenols is 1. The molecule has 0 unspecified atom stereocenters. The van der Waals surface area contributed by atoms with Crippen LogP contribution in [0.25, 0.3) is 22.6 Å². The van der Waals surface area contributed by atoms with E-state index in [1.807, 2.05) is 30.3 Å². The number of anilines is 1. The molecular formula is C36H28BrCl2N3O8. The maximum absolute atomic E-state index is 14.4. The van der Waals surface area contributed by atoms with Gasteiger partial charge in [0.1, 0.15) is 5.52 Å². The van der Waals surface area contributed by atoms with Crippen LogP contribution in [-0.2, 0) is 19.2 Å². The molecule has 4 aromatic rings. The number of methoxy groups -OCH3 is 2. The summed E-state index contributed by atoms with van der Waals surface area (Å²) in [5.74, 6) is -5.42. The molecule has 3 heterocycles. The summed E-state index contributed by atoms with van der Waals surface area (Å²) in [6.07, 6.45) is 1.86. The highest BCUT2D eigenvalue weighted by Crippen LogP contribution is 2.66. The number of para-hydroxylation sites is 2. The Labute approximate surface area is 303 Å². The van der Waals surface area contributed by atoms with Gasteiger partial charge in [-0.15, -0.1) is 23.2 Å². The van der Waals surface area contributed by atoms with Crippen molar-refractivity contribution in [1.29, 1.82) is 0 Å². The standard InChI is InChI=1S/C36H28BrCl2N3O8/c1-48-25-13-18(14-26(49-2)29(25)43)28-20-11-12-21-27(22(20)15-35(38)33(46)41(16-37)34(47)36(28,35)39)32(45)42(31(21)44)19-9-7-17(8-10-19)30-40-23-5-3-4-6-24(23)50-30/h3-11,13-14,21-22,27-28,43H,12,15-16H2,1-2H3/t21-,22+,27-,28-,35+,36-/m0/s1. The number of likely N-dealkylation sites (tertiary alicyclic amines) is 1. The number of alkyl halides is 3. The summed E-state index contributed by atoms with van der Waals surface area (Å²) in [6.45, 7) is 0. The van der Waals surface area contributed by atoms with Gasteiger partial charge in [0, 0.05) is 11.5 Å². The van der Waals surface area contributed by atoms with E-state index in [4.69, 9.17) is 37.1 Å². The van der Waals surface area contributed by atoms with Crippen LogP contribution < -0.4 is 14.4 Å². The van der Waals surface area contributed by atoms with Crippen LogP contribution in [0.2, 0.25) is 0 Å². The van der Waals surface area contributed by atoms with Gasteiger partial charge in [0.2, 0.25) is 23.5 Å². The lowest BCUT2D eigenvalue weighted by Crippen LogP contribution is -2.60. The number of benzene rings is 3. The number of ether oxygens (including phenoxy) is 2. The highest BCUT2D eigenvalue weighted by Gasteiger charge is 2.76. The number of rotatable bonds is 6. The van der Waals surface area contributed by atoms with Gasteiger partial charge >= 0.3 is 0 Å². The first-order chi connectivity index (χ1) is 24.0. The second-order valence-electron chi connectivity index (χ2n) is 12.8. The number of allylic oxidation sites excluding steroid dienone is 2. The van der Waals surface area contributed by atoms with E-state index < -0.39 is 51.1 Å². The molecule has 1 saturated carbocycles. The number of hydrogen-bond donors (Lipinski definition) is 1. The van der Waals surface area contributed by atoms with E-state index in [0.29, 0.717) is 39.4 Å².